The molecule has 0 spiro atoms. The van der Waals surface area contributed by atoms with E-state index in [-0.39, 0.29) is 11.3 Å². The molecule has 0 heterocycles. The molecule has 0 atom stereocenters. The third-order valence-corrected chi connectivity index (χ3v) is 2.40. The maximum Gasteiger partial charge on any atom is 0.340 e. The minimum absolute atomic E-state index is 0.0488. The van der Waals surface area contributed by atoms with Gasteiger partial charge in [-0.15, -0.1) is 10.3 Å². The maximum atomic E-state index is 11.6. The molecule has 0 aliphatic heterocycles. The first-order valence-electron chi connectivity index (χ1n) is 5.50. The molecule has 2 aromatic rings. The Morgan fingerprint density at radius 2 is 1.74 bits per heavy atom. The quantitative estimate of drug-likeness (QED) is 0.500. The second-order valence-electron chi connectivity index (χ2n) is 3.67. The van der Waals surface area contributed by atoms with Crippen molar-refractivity contribution >= 4 is 17.3 Å². The van der Waals surface area contributed by atoms with Gasteiger partial charge < -0.3 is 10.3 Å². The summed E-state index contributed by atoms with van der Waals surface area (Å²) in [6.45, 7) is 0. The summed E-state index contributed by atoms with van der Waals surface area (Å²) in [4.78, 5) is 11.4. The molecule has 96 valence electrons. The van der Waals surface area contributed by atoms with Crippen molar-refractivity contribution < 1.29 is 14.8 Å². The van der Waals surface area contributed by atoms with Crippen molar-refractivity contribution in [3.63, 3.8) is 0 Å². The lowest BCUT2D eigenvalue weighted by molar-refractivity contribution is -0.439. The Morgan fingerprint density at radius 3 is 2.42 bits per heavy atom. The highest BCUT2D eigenvalue weighted by molar-refractivity contribution is 5.94. The topological polar surface area (TPSA) is 87.8 Å². The average Bonchev–Trinajstić information content (AvgIpc) is 2.46. The number of anilines is 1. The Hall–Kier alpha value is -2.89. The van der Waals surface area contributed by atoms with Crippen LogP contribution in [0.4, 0.5) is 11.4 Å². The smallest absolute Gasteiger partial charge is 0.340 e. The van der Waals surface area contributed by atoms with Gasteiger partial charge in [-0.25, -0.2) is 4.79 Å². The van der Waals surface area contributed by atoms with Crippen LogP contribution in [0.2, 0.25) is 0 Å². The van der Waals surface area contributed by atoms with Crippen LogP contribution in [0.25, 0.3) is 0 Å². The van der Waals surface area contributed by atoms with Gasteiger partial charge in [-0.3, -0.25) is 0 Å². The predicted octanol–water partition coefficient (Wildman–Crippen LogP) is 3.01. The van der Waals surface area contributed by atoms with Crippen molar-refractivity contribution in [2.75, 3.05) is 5.43 Å². The number of para-hydroxylation sites is 2. The van der Waals surface area contributed by atoms with Crippen LogP contribution >= 0.6 is 0 Å². The van der Waals surface area contributed by atoms with Crippen LogP contribution in [0.5, 0.6) is 0 Å². The molecule has 0 aliphatic carbocycles. The molecular formula is C13H11N3O3. The normalized spacial score (nSPS) is 11.1. The molecule has 0 bridgehead atoms. The number of hydrogen-bond acceptors (Lipinski definition) is 3. The summed E-state index contributed by atoms with van der Waals surface area (Å²) < 4.78 is 0. The van der Waals surface area contributed by atoms with Crippen LogP contribution < -0.4 is 5.43 Å². The van der Waals surface area contributed by atoms with Crippen LogP contribution in [-0.4, -0.2) is 15.9 Å². The summed E-state index contributed by atoms with van der Waals surface area (Å²) in [7, 11) is 0. The molecule has 19 heavy (non-hydrogen) atoms. The Morgan fingerprint density at radius 1 is 1.11 bits per heavy atom. The second-order valence-corrected chi connectivity index (χ2v) is 3.67. The molecule has 6 heteroatoms. The first kappa shape index (κ1) is 12.6. The molecule has 0 aromatic heterocycles. The Labute approximate surface area is 109 Å². The highest BCUT2D eigenvalue weighted by Crippen LogP contribution is 2.16. The van der Waals surface area contributed by atoms with Crippen molar-refractivity contribution in [1.29, 1.82) is 0 Å². The fourth-order valence-corrected chi connectivity index (χ4v) is 1.48. The number of hydrogen-bond donors (Lipinski definition) is 2. The van der Waals surface area contributed by atoms with Gasteiger partial charge in [-0.1, -0.05) is 30.3 Å². The molecule has 0 radical (unpaired) electrons. The zero-order valence-electron chi connectivity index (χ0n) is 9.85. The number of carboxylic acids is 1. The van der Waals surface area contributed by atoms with Gasteiger partial charge >= 0.3 is 5.97 Å². The molecule has 0 amide bonds. The van der Waals surface area contributed by atoms with Gasteiger partial charge in [0.2, 0.25) is 0 Å². The lowest BCUT2D eigenvalue weighted by Crippen LogP contribution is -2.04. The molecular weight excluding hydrogens is 246 g/mol. The lowest BCUT2D eigenvalue weighted by atomic mass is 10.2. The number of carboxylic acid groups (broad SMARTS) is 1. The Balaban J connectivity index is 2.21. The SMILES string of the molecule is O=C(O)c1ccccc1NN=[N+]([O-])c1ccccc1. The van der Waals surface area contributed by atoms with Gasteiger partial charge in [0.25, 0.3) is 0 Å². The van der Waals surface area contributed by atoms with E-state index in [2.05, 4.69) is 10.6 Å². The minimum atomic E-state index is -1.09. The van der Waals surface area contributed by atoms with Gasteiger partial charge in [0, 0.05) is 0 Å². The van der Waals surface area contributed by atoms with E-state index in [1.165, 1.54) is 12.1 Å². The zero-order chi connectivity index (χ0) is 13.7. The standard InChI is InChI=1S/C13H11N3O3/c17-13(18)11-8-4-5-9-12(11)14-15-16(19)10-6-2-1-3-7-10/h1-9,14H,(H,17,18). The maximum absolute atomic E-state index is 11.6. The second kappa shape index (κ2) is 5.63. The molecule has 6 nitrogen and oxygen atoms in total. The number of carbonyl (C=O) groups is 1. The monoisotopic (exact) mass is 257 g/mol. The van der Waals surface area contributed by atoms with Crippen LogP contribution in [-0.2, 0) is 0 Å². The number of nitrogens with zero attached hydrogens (tertiary/aromatic N) is 2. The molecule has 0 aliphatic rings. The third kappa shape index (κ3) is 3.06. The summed E-state index contributed by atoms with van der Waals surface area (Å²) in [6.07, 6.45) is 0. The molecule has 2 N–H and O–H groups in total. The third-order valence-electron chi connectivity index (χ3n) is 2.40. The fourth-order valence-electron chi connectivity index (χ4n) is 1.48. The summed E-state index contributed by atoms with van der Waals surface area (Å²) >= 11 is 0. The predicted molar refractivity (Wildman–Crippen MR) is 69.2 cm³/mol. The first-order valence-corrected chi connectivity index (χ1v) is 5.50. The number of nitrogens with one attached hydrogen (secondary N) is 1. The molecule has 0 saturated carbocycles. The van der Waals surface area contributed by atoms with E-state index in [1.807, 2.05) is 0 Å². The van der Waals surface area contributed by atoms with Gasteiger partial charge in [0.15, 0.2) is 11.4 Å². The van der Waals surface area contributed by atoms with Crippen molar-refractivity contribution in [1.82, 2.24) is 0 Å². The summed E-state index contributed by atoms with van der Waals surface area (Å²) in [5.41, 5.74) is 3.11. The van der Waals surface area contributed by atoms with Crippen molar-refractivity contribution in [2.45, 2.75) is 0 Å². The van der Waals surface area contributed by atoms with E-state index < -0.39 is 5.97 Å². The summed E-state index contributed by atoms with van der Waals surface area (Å²) in [5, 5.41) is 24.2. The van der Waals surface area contributed by atoms with Gasteiger partial charge in [0.05, 0.1) is 5.22 Å². The van der Waals surface area contributed by atoms with Crippen LogP contribution in [0.15, 0.2) is 59.8 Å². The average molecular weight is 257 g/mol. The van der Waals surface area contributed by atoms with Gasteiger partial charge in [0.1, 0.15) is 5.56 Å². The molecule has 2 rings (SSSR count). The highest BCUT2D eigenvalue weighted by Gasteiger charge is 2.11. The Bertz CT molecular complexity index is 612. The first-order chi connectivity index (χ1) is 9.18. The van der Waals surface area contributed by atoms with Crippen LogP contribution in [0, 0.1) is 5.21 Å². The van der Waals surface area contributed by atoms with Gasteiger partial charge in [-0.05, 0) is 24.3 Å². The highest BCUT2D eigenvalue weighted by atomic mass is 16.5. The zero-order valence-corrected chi connectivity index (χ0v) is 9.85. The van der Waals surface area contributed by atoms with E-state index in [4.69, 9.17) is 5.11 Å². The lowest BCUT2D eigenvalue weighted by Gasteiger charge is -2.05. The molecule has 0 saturated heterocycles. The molecule has 2 aromatic carbocycles. The van der Waals surface area contributed by atoms with E-state index in [9.17, 15) is 10.0 Å². The van der Waals surface area contributed by atoms with Crippen molar-refractivity contribution in [3.8, 4) is 0 Å². The van der Waals surface area contributed by atoms with E-state index in [0.717, 1.165) is 0 Å². The number of benzene rings is 2. The minimum Gasteiger partial charge on any atom is -0.691 e. The number of aromatic carboxylic acids is 1. The largest absolute Gasteiger partial charge is 0.691 e. The summed E-state index contributed by atoms with van der Waals surface area (Å²) in [5.74, 6) is -1.09. The van der Waals surface area contributed by atoms with E-state index in [1.54, 1.807) is 42.5 Å². The number of rotatable bonds is 4. The van der Waals surface area contributed by atoms with E-state index in [0.29, 0.717) is 10.5 Å². The summed E-state index contributed by atoms with van der Waals surface area (Å²) in [6, 6.07) is 14.6. The fraction of sp³-hybridized carbons (Fsp3) is 0. The van der Waals surface area contributed by atoms with Crippen LogP contribution in [0.1, 0.15) is 10.4 Å². The molecule has 0 fully saturated rings. The Kier molecular flexibility index (Phi) is 3.72. The molecule has 0 unspecified atom stereocenters. The van der Waals surface area contributed by atoms with Gasteiger partial charge in [-0.2, -0.15) is 0 Å². The van der Waals surface area contributed by atoms with Crippen molar-refractivity contribution in [3.05, 3.63) is 65.4 Å². The van der Waals surface area contributed by atoms with Crippen molar-refractivity contribution in [2.24, 2.45) is 5.22 Å². The van der Waals surface area contributed by atoms with E-state index >= 15 is 0 Å². The van der Waals surface area contributed by atoms with Crippen LogP contribution in [0.3, 0.4) is 0 Å².